The average molecular weight is 318 g/mol. The van der Waals surface area contributed by atoms with Crippen LogP contribution >= 0.6 is 0 Å². The molecule has 0 aromatic heterocycles. The molecule has 1 aromatic rings. The molecule has 1 saturated heterocycles. The number of halogens is 3. The Morgan fingerprint density at radius 2 is 1.68 bits per heavy atom. The molecule has 120 valence electrons. The fourth-order valence-corrected chi connectivity index (χ4v) is 2.17. The Morgan fingerprint density at radius 1 is 1.14 bits per heavy atom. The number of hydrogen-bond donors (Lipinski definition) is 1. The van der Waals surface area contributed by atoms with Gasteiger partial charge in [0.05, 0.1) is 13.2 Å². The zero-order chi connectivity index (χ0) is 15.8. The molecule has 1 aromatic carbocycles. The molecule has 1 N–H and O–H groups in total. The maximum atomic E-state index is 13.4. The molecule has 2 aliphatic rings. The third-order valence-electron chi connectivity index (χ3n) is 3.30. The first-order valence-corrected chi connectivity index (χ1v) is 6.60. The van der Waals surface area contributed by atoms with E-state index in [1.807, 2.05) is 5.32 Å². The summed E-state index contributed by atoms with van der Waals surface area (Å²) in [5.74, 6) is -3.38. The third-order valence-corrected chi connectivity index (χ3v) is 3.30. The molecular weight excluding hydrogens is 305 g/mol. The van der Waals surface area contributed by atoms with Gasteiger partial charge in [-0.3, -0.25) is 5.32 Å². The third kappa shape index (κ3) is 2.52. The van der Waals surface area contributed by atoms with E-state index in [9.17, 15) is 18.0 Å². The highest BCUT2D eigenvalue weighted by molar-refractivity contribution is 5.75. The van der Waals surface area contributed by atoms with Crippen molar-refractivity contribution in [1.29, 1.82) is 0 Å². The standard InChI is InChI=1S/C13H13F3N2O4/c14-12(15,16)13(17-11(19)18-5-7-20-8-6-18)21-9-3-1-2-4-10(9)22-13/h1-4H,5-8H2,(H,17,19). The predicted octanol–water partition coefficient (Wildman–Crippen LogP) is 1.72. The number of nitrogens with one attached hydrogen (secondary N) is 1. The Labute approximate surface area is 123 Å². The van der Waals surface area contributed by atoms with Gasteiger partial charge in [-0.1, -0.05) is 12.1 Å². The van der Waals surface area contributed by atoms with Crippen LogP contribution in [-0.4, -0.2) is 49.3 Å². The van der Waals surface area contributed by atoms with Gasteiger partial charge in [-0.05, 0) is 12.1 Å². The van der Waals surface area contributed by atoms with Crippen LogP contribution in [0.2, 0.25) is 0 Å². The molecule has 0 spiro atoms. The van der Waals surface area contributed by atoms with Crippen molar-refractivity contribution in [2.75, 3.05) is 26.3 Å². The normalized spacial score (nSPS) is 19.9. The molecule has 0 unspecified atom stereocenters. The smallest absolute Gasteiger partial charge is 0.424 e. The average Bonchev–Trinajstić information content (AvgIpc) is 2.87. The van der Waals surface area contributed by atoms with Crippen LogP contribution in [0.25, 0.3) is 0 Å². The van der Waals surface area contributed by atoms with E-state index in [1.54, 1.807) is 0 Å². The first-order chi connectivity index (χ1) is 10.4. The van der Waals surface area contributed by atoms with Gasteiger partial charge in [0.1, 0.15) is 0 Å². The van der Waals surface area contributed by atoms with Crippen LogP contribution in [0.5, 0.6) is 11.5 Å². The lowest BCUT2D eigenvalue weighted by atomic mass is 10.3. The monoisotopic (exact) mass is 318 g/mol. The number of nitrogens with zero attached hydrogens (tertiary/aromatic N) is 1. The minimum Gasteiger partial charge on any atom is -0.424 e. The van der Waals surface area contributed by atoms with E-state index in [-0.39, 0.29) is 37.8 Å². The number of urea groups is 1. The summed E-state index contributed by atoms with van der Waals surface area (Å²) in [5, 5.41) is 1.81. The van der Waals surface area contributed by atoms with Gasteiger partial charge in [-0.2, -0.15) is 13.2 Å². The topological polar surface area (TPSA) is 60.0 Å². The number of hydrogen-bond acceptors (Lipinski definition) is 4. The fraction of sp³-hybridized carbons (Fsp3) is 0.462. The number of amides is 2. The Balaban J connectivity index is 1.82. The zero-order valence-electron chi connectivity index (χ0n) is 11.4. The second kappa shape index (κ2) is 5.24. The van der Waals surface area contributed by atoms with Crippen molar-refractivity contribution < 1.29 is 32.2 Å². The van der Waals surface area contributed by atoms with Crippen molar-refractivity contribution in [1.82, 2.24) is 10.2 Å². The highest BCUT2D eigenvalue weighted by Crippen LogP contribution is 2.44. The van der Waals surface area contributed by atoms with E-state index in [0.717, 1.165) is 0 Å². The minimum absolute atomic E-state index is 0.0814. The lowest BCUT2D eigenvalue weighted by Gasteiger charge is -2.33. The van der Waals surface area contributed by atoms with Crippen LogP contribution in [-0.2, 0) is 4.74 Å². The first-order valence-electron chi connectivity index (χ1n) is 6.60. The maximum absolute atomic E-state index is 13.4. The zero-order valence-corrected chi connectivity index (χ0v) is 11.4. The summed E-state index contributed by atoms with van der Waals surface area (Å²) >= 11 is 0. The molecule has 2 aliphatic heterocycles. The lowest BCUT2D eigenvalue weighted by molar-refractivity contribution is -0.318. The van der Waals surface area contributed by atoms with E-state index in [1.165, 1.54) is 29.2 Å². The SMILES string of the molecule is O=C(NC1(C(F)(F)F)Oc2ccccc2O1)N1CCOCC1. The molecule has 2 amide bonds. The molecule has 9 heteroatoms. The summed E-state index contributed by atoms with van der Waals surface area (Å²) < 4.78 is 55.0. The number of para-hydroxylation sites is 2. The van der Waals surface area contributed by atoms with Crippen LogP contribution in [0.3, 0.4) is 0 Å². The number of ether oxygens (including phenoxy) is 3. The largest absolute Gasteiger partial charge is 0.492 e. The molecule has 3 rings (SSSR count). The van der Waals surface area contributed by atoms with Crippen molar-refractivity contribution in [2.45, 2.75) is 12.1 Å². The van der Waals surface area contributed by atoms with Gasteiger partial charge >= 0.3 is 18.1 Å². The fourth-order valence-electron chi connectivity index (χ4n) is 2.17. The van der Waals surface area contributed by atoms with Crippen molar-refractivity contribution in [3.8, 4) is 11.5 Å². The highest BCUT2D eigenvalue weighted by atomic mass is 19.4. The van der Waals surface area contributed by atoms with Crippen LogP contribution in [0.15, 0.2) is 24.3 Å². The van der Waals surface area contributed by atoms with Crippen LogP contribution < -0.4 is 14.8 Å². The summed E-state index contributed by atoms with van der Waals surface area (Å²) in [6, 6.07) is 4.78. The summed E-state index contributed by atoms with van der Waals surface area (Å²) in [5.41, 5.74) is 0. The van der Waals surface area contributed by atoms with E-state index in [2.05, 4.69) is 0 Å². The second-order valence-corrected chi connectivity index (χ2v) is 4.79. The van der Waals surface area contributed by atoms with Crippen LogP contribution in [0.4, 0.5) is 18.0 Å². The molecule has 2 heterocycles. The highest BCUT2D eigenvalue weighted by Gasteiger charge is 2.66. The second-order valence-electron chi connectivity index (χ2n) is 4.79. The van der Waals surface area contributed by atoms with Gasteiger partial charge in [-0.25, -0.2) is 4.79 Å². The van der Waals surface area contributed by atoms with E-state index in [4.69, 9.17) is 14.2 Å². The quantitative estimate of drug-likeness (QED) is 0.856. The minimum atomic E-state index is -4.95. The lowest BCUT2D eigenvalue weighted by Crippen LogP contribution is -2.67. The van der Waals surface area contributed by atoms with Crippen molar-refractivity contribution in [3.63, 3.8) is 0 Å². The molecule has 0 radical (unpaired) electrons. The van der Waals surface area contributed by atoms with Crippen LogP contribution in [0.1, 0.15) is 0 Å². The van der Waals surface area contributed by atoms with Crippen molar-refractivity contribution in [2.24, 2.45) is 0 Å². The summed E-state index contributed by atoms with van der Waals surface area (Å²) in [6.07, 6.45) is -4.95. The van der Waals surface area contributed by atoms with Crippen molar-refractivity contribution in [3.05, 3.63) is 24.3 Å². The molecular formula is C13H13F3N2O4. The van der Waals surface area contributed by atoms with Crippen molar-refractivity contribution >= 4 is 6.03 Å². The summed E-state index contributed by atoms with van der Waals surface area (Å²) in [6.45, 7) is 0.947. The van der Waals surface area contributed by atoms with Gasteiger partial charge < -0.3 is 19.1 Å². The molecule has 1 fully saturated rings. The van der Waals surface area contributed by atoms with Gasteiger partial charge in [0.15, 0.2) is 11.5 Å². The number of alkyl halides is 3. The Bertz CT molecular complexity index is 548. The summed E-state index contributed by atoms with van der Waals surface area (Å²) in [4.78, 5) is 13.3. The van der Waals surface area contributed by atoms with Gasteiger partial charge in [0.25, 0.3) is 0 Å². The van der Waals surface area contributed by atoms with Gasteiger partial charge in [0, 0.05) is 13.1 Å². The molecule has 6 nitrogen and oxygen atoms in total. The van der Waals surface area contributed by atoms with Gasteiger partial charge in [-0.15, -0.1) is 0 Å². The number of fused-ring (bicyclic) bond motifs is 1. The van der Waals surface area contributed by atoms with Gasteiger partial charge in [0.2, 0.25) is 0 Å². The Morgan fingerprint density at radius 3 is 2.18 bits per heavy atom. The number of carbonyl (C=O) groups is 1. The molecule has 0 aliphatic carbocycles. The molecule has 0 bridgehead atoms. The molecule has 22 heavy (non-hydrogen) atoms. The maximum Gasteiger partial charge on any atom is 0.492 e. The number of benzene rings is 1. The number of rotatable bonds is 1. The molecule has 0 saturated carbocycles. The van der Waals surface area contributed by atoms with E-state index < -0.39 is 18.1 Å². The van der Waals surface area contributed by atoms with E-state index in [0.29, 0.717) is 0 Å². The van der Waals surface area contributed by atoms with Crippen LogP contribution in [0, 0.1) is 0 Å². The molecule has 0 atom stereocenters. The Kier molecular flexibility index (Phi) is 3.51. The first kappa shape index (κ1) is 14.8. The Hall–Kier alpha value is -2.16. The number of carbonyl (C=O) groups excluding carboxylic acids is 1. The number of morpholine rings is 1. The summed E-state index contributed by atoms with van der Waals surface area (Å²) in [7, 11) is 0. The van der Waals surface area contributed by atoms with E-state index >= 15 is 0 Å². The predicted molar refractivity (Wildman–Crippen MR) is 67.4 cm³/mol.